The van der Waals surface area contributed by atoms with Gasteiger partial charge in [-0.2, -0.15) is 0 Å². The number of guanidine groups is 1. The number of aliphatic imine (C=N–C) groups is 1. The molecule has 0 aromatic heterocycles. The number of rotatable bonds is 9. The first-order valence-corrected chi connectivity index (χ1v) is 10.4. The number of nitrogens with one attached hydrogen (secondary N) is 4. The predicted octanol–water partition coefficient (Wildman–Crippen LogP) is 0.784. The molecule has 0 heterocycles. The summed E-state index contributed by atoms with van der Waals surface area (Å²) in [6.07, 6.45) is 0.148. The molecule has 0 unspecified atom stereocenters. The number of sulfonamides is 1. The minimum atomic E-state index is -3.16. The quantitative estimate of drug-likeness (QED) is 0.261. The lowest BCUT2D eigenvalue weighted by Crippen LogP contribution is -2.54. The van der Waals surface area contributed by atoms with Crippen LogP contribution in [0.5, 0.6) is 0 Å². The van der Waals surface area contributed by atoms with Gasteiger partial charge in [-0.3, -0.25) is 4.99 Å². The molecule has 0 aromatic carbocycles. The number of hydrogen-bond acceptors (Lipinski definition) is 5. The van der Waals surface area contributed by atoms with Gasteiger partial charge in [0.2, 0.25) is 10.0 Å². The van der Waals surface area contributed by atoms with Crippen LogP contribution >= 0.6 is 0 Å². The molecule has 0 spiro atoms. The molecule has 1 amide bonds. The summed E-state index contributed by atoms with van der Waals surface area (Å²) >= 11 is 0. The molecule has 0 bridgehead atoms. The van der Waals surface area contributed by atoms with Gasteiger partial charge < -0.3 is 20.7 Å². The molecule has 10 heteroatoms. The third kappa shape index (κ3) is 12.8. The molecule has 0 aliphatic heterocycles. The third-order valence-electron chi connectivity index (χ3n) is 3.11. The third-order valence-corrected chi connectivity index (χ3v) is 4.51. The summed E-state index contributed by atoms with van der Waals surface area (Å²) in [5.41, 5.74) is -1.10. The molecule has 0 aliphatic carbocycles. The van der Waals surface area contributed by atoms with Crippen LogP contribution in [0, 0.1) is 0 Å². The van der Waals surface area contributed by atoms with Gasteiger partial charge in [-0.1, -0.05) is 0 Å². The topological polar surface area (TPSA) is 121 Å². The molecule has 0 rings (SSSR count). The van der Waals surface area contributed by atoms with Crippen molar-refractivity contribution in [2.24, 2.45) is 4.99 Å². The fourth-order valence-electron chi connectivity index (χ4n) is 1.77. The predicted molar refractivity (Wildman–Crippen MR) is 105 cm³/mol. The second-order valence-corrected chi connectivity index (χ2v) is 9.61. The van der Waals surface area contributed by atoms with Gasteiger partial charge in [0.15, 0.2) is 5.96 Å². The van der Waals surface area contributed by atoms with Crippen LogP contribution in [0.25, 0.3) is 0 Å². The maximum Gasteiger partial charge on any atom is 0.408 e. The Morgan fingerprint density at radius 3 is 2.19 bits per heavy atom. The lowest BCUT2D eigenvalue weighted by Gasteiger charge is -2.29. The number of carbonyl (C=O) groups excluding carboxylic acids is 1. The zero-order valence-electron chi connectivity index (χ0n) is 17.0. The Hall–Kier alpha value is -1.55. The lowest BCUT2D eigenvalue weighted by atomic mass is 10.1. The van der Waals surface area contributed by atoms with Crippen LogP contribution in [0.3, 0.4) is 0 Å². The van der Waals surface area contributed by atoms with Crippen molar-refractivity contribution in [1.82, 2.24) is 20.7 Å². The SMILES string of the molecule is CCS(=O)(=O)NCCCNC(=NC)NCC(C)(C)NC(=O)OC(C)(C)C. The molecular weight excluding hydrogens is 358 g/mol. The van der Waals surface area contributed by atoms with E-state index >= 15 is 0 Å². The Morgan fingerprint density at radius 1 is 1.08 bits per heavy atom. The smallest absolute Gasteiger partial charge is 0.408 e. The number of nitrogens with zero attached hydrogens (tertiary/aromatic N) is 1. The number of ether oxygens (including phenoxy) is 1. The summed E-state index contributed by atoms with van der Waals surface area (Å²) in [6, 6.07) is 0. The average Bonchev–Trinajstić information content (AvgIpc) is 2.47. The van der Waals surface area contributed by atoms with Crippen molar-refractivity contribution < 1.29 is 17.9 Å². The summed E-state index contributed by atoms with van der Waals surface area (Å²) < 4.78 is 30.4. The van der Waals surface area contributed by atoms with E-state index in [9.17, 15) is 13.2 Å². The number of carbonyl (C=O) groups is 1. The molecule has 4 N–H and O–H groups in total. The van der Waals surface area contributed by atoms with Gasteiger partial charge in [-0.15, -0.1) is 0 Å². The first-order valence-electron chi connectivity index (χ1n) is 8.73. The standard InChI is InChI=1S/C16H35N5O4S/c1-8-26(23,24)20-11-9-10-18-13(17-7)19-12-16(5,6)21-14(22)25-15(2,3)4/h20H,8-12H2,1-7H3,(H,21,22)(H2,17,18,19). The normalized spacial score (nSPS) is 13.3. The summed E-state index contributed by atoms with van der Waals surface area (Å²) in [5.74, 6) is 0.644. The molecule has 0 radical (unpaired) electrons. The van der Waals surface area contributed by atoms with Gasteiger partial charge in [-0.25, -0.2) is 17.9 Å². The van der Waals surface area contributed by atoms with Crippen LogP contribution in [-0.4, -0.2) is 64.0 Å². The van der Waals surface area contributed by atoms with E-state index in [1.54, 1.807) is 14.0 Å². The summed E-state index contributed by atoms with van der Waals surface area (Å²) in [5, 5.41) is 9.03. The summed E-state index contributed by atoms with van der Waals surface area (Å²) in [4.78, 5) is 16.0. The molecule has 0 aromatic rings. The van der Waals surface area contributed by atoms with Crippen molar-refractivity contribution in [1.29, 1.82) is 0 Å². The van der Waals surface area contributed by atoms with Crippen molar-refractivity contribution >= 4 is 22.1 Å². The Labute approximate surface area is 157 Å². The van der Waals surface area contributed by atoms with E-state index in [1.165, 1.54) is 0 Å². The zero-order valence-corrected chi connectivity index (χ0v) is 17.8. The number of hydrogen-bond donors (Lipinski definition) is 4. The van der Waals surface area contributed by atoms with Crippen LogP contribution in [0.1, 0.15) is 48.0 Å². The molecule has 0 atom stereocenters. The molecule has 0 fully saturated rings. The van der Waals surface area contributed by atoms with E-state index in [4.69, 9.17) is 4.74 Å². The van der Waals surface area contributed by atoms with Crippen LogP contribution < -0.4 is 20.7 Å². The van der Waals surface area contributed by atoms with Crippen LogP contribution in [0.2, 0.25) is 0 Å². The number of alkyl carbamates (subject to hydrolysis) is 1. The van der Waals surface area contributed by atoms with Crippen LogP contribution in [0.15, 0.2) is 4.99 Å². The Morgan fingerprint density at radius 2 is 1.69 bits per heavy atom. The second-order valence-electron chi connectivity index (χ2n) is 7.51. The van der Waals surface area contributed by atoms with Crippen molar-refractivity contribution in [3.8, 4) is 0 Å². The molecule has 154 valence electrons. The zero-order chi connectivity index (χ0) is 20.4. The van der Waals surface area contributed by atoms with Gasteiger partial charge in [0.05, 0.1) is 11.3 Å². The van der Waals surface area contributed by atoms with Gasteiger partial charge in [-0.05, 0) is 48.0 Å². The van der Waals surface area contributed by atoms with Gasteiger partial charge in [0.25, 0.3) is 0 Å². The highest BCUT2D eigenvalue weighted by Gasteiger charge is 2.24. The largest absolute Gasteiger partial charge is 0.444 e. The van der Waals surface area contributed by atoms with Crippen LogP contribution in [0.4, 0.5) is 4.79 Å². The van der Waals surface area contributed by atoms with E-state index in [2.05, 4.69) is 25.7 Å². The molecule has 0 saturated carbocycles. The Kier molecular flexibility index (Phi) is 9.93. The molecule has 0 aliphatic rings. The van der Waals surface area contributed by atoms with E-state index < -0.39 is 27.3 Å². The summed E-state index contributed by atoms with van der Waals surface area (Å²) in [7, 11) is -1.51. The van der Waals surface area contributed by atoms with Gasteiger partial charge in [0.1, 0.15) is 5.60 Å². The first kappa shape index (κ1) is 24.5. The fourth-order valence-corrected chi connectivity index (χ4v) is 2.43. The average molecular weight is 394 g/mol. The monoisotopic (exact) mass is 393 g/mol. The van der Waals surface area contributed by atoms with Crippen molar-refractivity contribution in [3.63, 3.8) is 0 Å². The Bertz CT molecular complexity index is 568. The Balaban J connectivity index is 4.22. The van der Waals surface area contributed by atoms with E-state index in [0.717, 1.165) is 0 Å². The van der Waals surface area contributed by atoms with E-state index in [0.29, 0.717) is 32.0 Å². The molecule has 9 nitrogen and oxygen atoms in total. The van der Waals surface area contributed by atoms with Gasteiger partial charge >= 0.3 is 6.09 Å². The highest BCUT2D eigenvalue weighted by atomic mass is 32.2. The van der Waals surface area contributed by atoms with E-state index in [1.807, 2.05) is 34.6 Å². The minimum Gasteiger partial charge on any atom is -0.444 e. The number of amides is 1. The lowest BCUT2D eigenvalue weighted by molar-refractivity contribution is 0.0474. The summed E-state index contributed by atoms with van der Waals surface area (Å²) in [6.45, 7) is 12.1. The van der Waals surface area contributed by atoms with Crippen LogP contribution in [-0.2, 0) is 14.8 Å². The molecule has 0 saturated heterocycles. The first-order chi connectivity index (χ1) is 11.8. The second kappa shape index (κ2) is 10.6. The van der Waals surface area contributed by atoms with E-state index in [-0.39, 0.29) is 5.75 Å². The highest BCUT2D eigenvalue weighted by molar-refractivity contribution is 7.89. The van der Waals surface area contributed by atoms with Crippen molar-refractivity contribution in [2.45, 2.75) is 59.1 Å². The maximum absolute atomic E-state index is 11.9. The van der Waals surface area contributed by atoms with Crippen molar-refractivity contribution in [2.75, 3.05) is 32.4 Å². The van der Waals surface area contributed by atoms with Gasteiger partial charge in [0, 0.05) is 26.7 Å². The maximum atomic E-state index is 11.9. The fraction of sp³-hybridized carbons (Fsp3) is 0.875. The van der Waals surface area contributed by atoms with Crippen molar-refractivity contribution in [3.05, 3.63) is 0 Å². The molecular formula is C16H35N5O4S. The highest BCUT2D eigenvalue weighted by Crippen LogP contribution is 2.09. The minimum absolute atomic E-state index is 0.0728. The molecule has 26 heavy (non-hydrogen) atoms.